The van der Waals surface area contributed by atoms with Gasteiger partial charge in [-0.1, -0.05) is 17.3 Å². The summed E-state index contributed by atoms with van der Waals surface area (Å²) in [5.74, 6) is -0.0825. The van der Waals surface area contributed by atoms with E-state index in [2.05, 4.69) is 5.16 Å². The molecule has 1 fully saturated rings. The molecule has 0 radical (unpaired) electrons. The lowest BCUT2D eigenvalue weighted by atomic mass is 9.97. The van der Waals surface area contributed by atoms with Crippen molar-refractivity contribution in [3.05, 3.63) is 39.9 Å². The highest BCUT2D eigenvalue weighted by atomic mass is 16.6. The lowest BCUT2D eigenvalue weighted by molar-refractivity contribution is -0.384. The van der Waals surface area contributed by atoms with Crippen molar-refractivity contribution in [3.8, 4) is 0 Å². The van der Waals surface area contributed by atoms with Crippen molar-refractivity contribution in [2.24, 2.45) is 5.16 Å². The number of carbonyl (C=O) groups is 1. The third-order valence-corrected chi connectivity index (χ3v) is 4.03. The molecule has 0 saturated carbocycles. The molecular formula is C16H21N3O4. The number of piperidine rings is 1. The van der Waals surface area contributed by atoms with E-state index in [1.807, 2.05) is 18.7 Å². The number of oxime groups is 1. The number of benzene rings is 1. The summed E-state index contributed by atoms with van der Waals surface area (Å²) in [5, 5.41) is 14.4. The monoisotopic (exact) mass is 319 g/mol. The number of carbonyl (C=O) groups excluding carboxylic acids is 1. The topological polar surface area (TPSA) is 85.0 Å². The van der Waals surface area contributed by atoms with Crippen LogP contribution in [0.25, 0.3) is 0 Å². The molecule has 7 nitrogen and oxygen atoms in total. The van der Waals surface area contributed by atoms with Crippen molar-refractivity contribution < 1.29 is 14.6 Å². The average molecular weight is 319 g/mol. The normalized spacial score (nSPS) is 21.4. The van der Waals surface area contributed by atoms with Gasteiger partial charge in [-0.15, -0.1) is 0 Å². The number of non-ortho nitro benzene ring substituents is 1. The Morgan fingerprint density at radius 2 is 2.13 bits per heavy atom. The van der Waals surface area contributed by atoms with Gasteiger partial charge in [-0.05, 0) is 33.1 Å². The Labute approximate surface area is 135 Å². The number of likely N-dealkylation sites (tertiary alicyclic amines) is 1. The SMILES string of the molecule is C[C@H]1CCC[C@H](C)N1C(=O)CO/N=C\c1cccc([N+](=O)[O-])c1. The van der Waals surface area contributed by atoms with E-state index in [1.165, 1.54) is 18.3 Å². The minimum atomic E-state index is -0.471. The standard InChI is InChI=1S/C16H21N3O4/c1-12-5-3-6-13(2)18(12)16(20)11-23-17-10-14-7-4-8-15(9-14)19(21)22/h4,7-10,12-13H,3,5-6,11H2,1-2H3/b17-10-/t12-,13-/m0/s1. The molecule has 0 aromatic heterocycles. The Balaban J connectivity index is 1.87. The molecule has 1 aliphatic heterocycles. The van der Waals surface area contributed by atoms with Gasteiger partial charge in [-0.25, -0.2) is 0 Å². The number of nitro benzene ring substituents is 1. The fourth-order valence-electron chi connectivity index (χ4n) is 2.90. The Hall–Kier alpha value is -2.44. The largest absolute Gasteiger partial charge is 0.386 e. The van der Waals surface area contributed by atoms with Crippen LogP contribution in [0.15, 0.2) is 29.4 Å². The summed E-state index contributed by atoms with van der Waals surface area (Å²) < 4.78 is 0. The van der Waals surface area contributed by atoms with Crippen LogP contribution in [-0.4, -0.2) is 40.6 Å². The lowest BCUT2D eigenvalue weighted by Crippen LogP contribution is -2.48. The van der Waals surface area contributed by atoms with E-state index >= 15 is 0 Å². The zero-order valence-electron chi connectivity index (χ0n) is 13.3. The number of amides is 1. The van der Waals surface area contributed by atoms with E-state index in [4.69, 9.17) is 4.84 Å². The van der Waals surface area contributed by atoms with Crippen molar-refractivity contribution in [2.75, 3.05) is 6.61 Å². The van der Waals surface area contributed by atoms with Crippen LogP contribution in [0.1, 0.15) is 38.7 Å². The van der Waals surface area contributed by atoms with E-state index in [1.54, 1.807) is 12.1 Å². The highest BCUT2D eigenvalue weighted by Gasteiger charge is 2.28. The molecule has 0 N–H and O–H groups in total. The van der Waals surface area contributed by atoms with E-state index in [9.17, 15) is 14.9 Å². The molecule has 0 spiro atoms. The van der Waals surface area contributed by atoms with Gasteiger partial charge in [0.1, 0.15) is 0 Å². The van der Waals surface area contributed by atoms with Crippen molar-refractivity contribution in [1.29, 1.82) is 0 Å². The van der Waals surface area contributed by atoms with Gasteiger partial charge in [0, 0.05) is 29.8 Å². The summed E-state index contributed by atoms with van der Waals surface area (Å²) in [5.41, 5.74) is 0.535. The maximum Gasteiger partial charge on any atom is 0.270 e. The number of nitrogens with zero attached hydrogens (tertiary/aromatic N) is 3. The Morgan fingerprint density at radius 1 is 1.43 bits per heavy atom. The van der Waals surface area contributed by atoms with Gasteiger partial charge in [0.05, 0.1) is 11.1 Å². The molecule has 1 saturated heterocycles. The van der Waals surface area contributed by atoms with Gasteiger partial charge in [0.15, 0.2) is 6.61 Å². The lowest BCUT2D eigenvalue weighted by Gasteiger charge is -2.38. The van der Waals surface area contributed by atoms with E-state index in [0.717, 1.165) is 19.3 Å². The minimum Gasteiger partial charge on any atom is -0.386 e. The summed E-state index contributed by atoms with van der Waals surface area (Å²) in [4.78, 5) is 29.3. The second-order valence-electron chi connectivity index (χ2n) is 5.79. The first-order valence-corrected chi connectivity index (χ1v) is 7.70. The smallest absolute Gasteiger partial charge is 0.270 e. The second kappa shape index (κ2) is 7.71. The number of rotatable bonds is 5. The van der Waals surface area contributed by atoms with Gasteiger partial charge >= 0.3 is 0 Å². The third-order valence-electron chi connectivity index (χ3n) is 4.03. The maximum absolute atomic E-state index is 12.2. The Kier molecular flexibility index (Phi) is 5.67. The molecule has 124 valence electrons. The van der Waals surface area contributed by atoms with Crippen LogP contribution < -0.4 is 0 Å². The molecule has 1 aromatic carbocycles. The quantitative estimate of drug-likeness (QED) is 0.474. The van der Waals surface area contributed by atoms with Crippen LogP contribution in [0.4, 0.5) is 5.69 Å². The van der Waals surface area contributed by atoms with Gasteiger partial charge in [0.2, 0.25) is 0 Å². The van der Waals surface area contributed by atoms with Crippen molar-refractivity contribution >= 4 is 17.8 Å². The van der Waals surface area contributed by atoms with Crippen LogP contribution >= 0.6 is 0 Å². The Morgan fingerprint density at radius 3 is 2.78 bits per heavy atom. The van der Waals surface area contributed by atoms with Gasteiger partial charge in [-0.3, -0.25) is 14.9 Å². The number of hydrogen-bond acceptors (Lipinski definition) is 5. The molecule has 0 unspecified atom stereocenters. The van der Waals surface area contributed by atoms with E-state index in [0.29, 0.717) is 5.56 Å². The first-order valence-electron chi connectivity index (χ1n) is 7.70. The first-order chi connectivity index (χ1) is 11.0. The van der Waals surface area contributed by atoms with Gasteiger partial charge < -0.3 is 9.74 Å². The minimum absolute atomic E-state index is 0.0130. The summed E-state index contributed by atoms with van der Waals surface area (Å²) in [6.07, 6.45) is 4.52. The van der Waals surface area contributed by atoms with Crippen molar-refractivity contribution in [3.63, 3.8) is 0 Å². The molecular weight excluding hydrogens is 298 g/mol. The first kappa shape index (κ1) is 16.9. The molecule has 0 aliphatic carbocycles. The van der Waals surface area contributed by atoms with Crippen LogP contribution in [0.5, 0.6) is 0 Å². The molecule has 0 bridgehead atoms. The zero-order valence-corrected chi connectivity index (χ0v) is 13.3. The molecule has 1 aromatic rings. The highest BCUT2D eigenvalue weighted by molar-refractivity contribution is 5.81. The molecule has 2 atom stereocenters. The van der Waals surface area contributed by atoms with Crippen molar-refractivity contribution in [2.45, 2.75) is 45.2 Å². The van der Waals surface area contributed by atoms with Crippen molar-refractivity contribution in [1.82, 2.24) is 4.90 Å². The fourth-order valence-corrected chi connectivity index (χ4v) is 2.90. The average Bonchev–Trinajstić information content (AvgIpc) is 2.51. The predicted molar refractivity (Wildman–Crippen MR) is 86.3 cm³/mol. The molecule has 1 aliphatic rings. The summed E-state index contributed by atoms with van der Waals surface area (Å²) in [6, 6.07) is 6.48. The second-order valence-corrected chi connectivity index (χ2v) is 5.79. The van der Waals surface area contributed by atoms with Crippen LogP contribution in [-0.2, 0) is 9.63 Å². The number of hydrogen-bond donors (Lipinski definition) is 0. The third kappa shape index (κ3) is 4.51. The fraction of sp³-hybridized carbons (Fsp3) is 0.500. The predicted octanol–water partition coefficient (Wildman–Crippen LogP) is 2.73. The van der Waals surface area contributed by atoms with E-state index in [-0.39, 0.29) is 30.3 Å². The van der Waals surface area contributed by atoms with Gasteiger partial charge in [-0.2, -0.15) is 0 Å². The van der Waals surface area contributed by atoms with Crippen LogP contribution in [0.3, 0.4) is 0 Å². The molecule has 2 rings (SSSR count). The zero-order chi connectivity index (χ0) is 16.8. The number of nitro groups is 1. The Bertz CT molecular complexity index is 593. The summed E-state index contributed by atoms with van der Waals surface area (Å²) >= 11 is 0. The van der Waals surface area contributed by atoms with Crippen LogP contribution in [0.2, 0.25) is 0 Å². The van der Waals surface area contributed by atoms with Crippen LogP contribution in [0, 0.1) is 10.1 Å². The maximum atomic E-state index is 12.2. The van der Waals surface area contributed by atoms with Gasteiger partial charge in [0.25, 0.3) is 11.6 Å². The molecule has 23 heavy (non-hydrogen) atoms. The molecule has 7 heteroatoms. The summed E-state index contributed by atoms with van der Waals surface area (Å²) in [7, 11) is 0. The summed E-state index contributed by atoms with van der Waals surface area (Å²) in [6.45, 7) is 3.96. The highest BCUT2D eigenvalue weighted by Crippen LogP contribution is 2.22. The molecule has 1 heterocycles. The van der Waals surface area contributed by atoms with E-state index < -0.39 is 4.92 Å². The molecule has 1 amide bonds.